The lowest BCUT2D eigenvalue weighted by atomic mass is 9.69. The maximum Gasteiger partial charge on any atom is 0.194 e. The standard InChI is InChI=1S/C49H51N3O3S2/c1-47(2,51-22-26-56-27-23-51)45(54)36-15-11-34(12-16-36)31-49(32-35-13-17-37(18-14-35)46(55)48(3,4)52-24-28-57-29-25-52)42-10-6-5-9-40(42)41-20-19-38(30-43(41)49)44(53)39-8-7-21-50-33-39/h5-21,30,33H,22-29,31-32H2,1-4H3. The molecule has 4 aromatic carbocycles. The monoisotopic (exact) mass is 793 g/mol. The Balaban J connectivity index is 1.18. The van der Waals surface area contributed by atoms with Crippen LogP contribution >= 0.6 is 23.5 Å². The number of hydrogen-bond acceptors (Lipinski definition) is 8. The number of carbonyl (C=O) groups excluding carboxylic acids is 3. The molecule has 2 fully saturated rings. The molecule has 3 heterocycles. The van der Waals surface area contributed by atoms with Gasteiger partial charge in [-0.1, -0.05) is 84.9 Å². The number of Topliss-reactive ketones (excluding diaryl/α,β-unsaturated/α-hetero) is 2. The van der Waals surface area contributed by atoms with Crippen molar-refractivity contribution in [3.05, 3.63) is 160 Å². The molecule has 0 saturated carbocycles. The number of thioether (sulfide) groups is 2. The summed E-state index contributed by atoms with van der Waals surface area (Å²) in [6.45, 7) is 11.9. The Morgan fingerprint density at radius 1 is 0.579 bits per heavy atom. The molecule has 0 atom stereocenters. The van der Waals surface area contributed by atoms with Crippen molar-refractivity contribution in [1.82, 2.24) is 14.8 Å². The summed E-state index contributed by atoms with van der Waals surface area (Å²) >= 11 is 3.89. The van der Waals surface area contributed by atoms with Crippen LogP contribution < -0.4 is 0 Å². The average Bonchev–Trinajstić information content (AvgIpc) is 3.52. The zero-order chi connectivity index (χ0) is 39.8. The van der Waals surface area contributed by atoms with Gasteiger partial charge in [0.05, 0.1) is 11.1 Å². The molecule has 5 aromatic rings. The summed E-state index contributed by atoms with van der Waals surface area (Å²) < 4.78 is 0. The maximum atomic E-state index is 14.0. The predicted molar refractivity (Wildman–Crippen MR) is 235 cm³/mol. The minimum Gasteiger partial charge on any atom is -0.292 e. The van der Waals surface area contributed by atoms with Crippen LogP contribution in [0, 0.1) is 0 Å². The lowest BCUT2D eigenvalue weighted by Gasteiger charge is -2.39. The summed E-state index contributed by atoms with van der Waals surface area (Å²) in [6.07, 6.45) is 4.62. The molecule has 292 valence electrons. The molecule has 0 radical (unpaired) electrons. The van der Waals surface area contributed by atoms with Crippen LogP contribution in [0.25, 0.3) is 11.1 Å². The van der Waals surface area contributed by atoms with Gasteiger partial charge in [0.2, 0.25) is 0 Å². The lowest BCUT2D eigenvalue weighted by Crippen LogP contribution is -2.53. The van der Waals surface area contributed by atoms with E-state index in [0.717, 1.165) is 88.1 Å². The summed E-state index contributed by atoms with van der Waals surface area (Å²) in [5.41, 5.74) is 7.73. The number of carbonyl (C=O) groups is 3. The highest BCUT2D eigenvalue weighted by Gasteiger charge is 2.44. The van der Waals surface area contributed by atoms with Crippen LogP contribution in [0.1, 0.15) is 86.6 Å². The number of fused-ring (bicyclic) bond motifs is 3. The van der Waals surface area contributed by atoms with E-state index in [2.05, 4.69) is 103 Å². The first-order valence-corrected chi connectivity index (χ1v) is 22.4. The molecule has 1 aromatic heterocycles. The molecule has 8 rings (SSSR count). The number of rotatable bonds is 12. The molecule has 3 aliphatic rings. The molecule has 0 N–H and O–H groups in total. The molecular weight excluding hydrogens is 743 g/mol. The highest BCUT2D eigenvalue weighted by molar-refractivity contribution is 7.99. The molecule has 6 nitrogen and oxygen atoms in total. The van der Waals surface area contributed by atoms with Crippen molar-refractivity contribution in [3.8, 4) is 11.1 Å². The fourth-order valence-corrected chi connectivity index (χ4v) is 11.0. The van der Waals surface area contributed by atoms with Gasteiger partial charge < -0.3 is 0 Å². The highest BCUT2D eigenvalue weighted by atomic mass is 32.2. The Kier molecular flexibility index (Phi) is 11.2. The molecule has 1 aliphatic carbocycles. The van der Waals surface area contributed by atoms with Crippen LogP contribution in [0.4, 0.5) is 0 Å². The topological polar surface area (TPSA) is 70.6 Å². The number of pyridine rings is 1. The predicted octanol–water partition coefficient (Wildman–Crippen LogP) is 9.08. The Morgan fingerprint density at radius 3 is 1.58 bits per heavy atom. The second kappa shape index (κ2) is 16.1. The van der Waals surface area contributed by atoms with Crippen molar-refractivity contribution in [2.24, 2.45) is 0 Å². The van der Waals surface area contributed by atoms with Crippen LogP contribution in [0.5, 0.6) is 0 Å². The van der Waals surface area contributed by atoms with Gasteiger partial charge in [-0.05, 0) is 92.1 Å². The normalized spacial score (nSPS) is 17.1. The first kappa shape index (κ1) is 39.5. The second-order valence-electron chi connectivity index (χ2n) is 16.7. The average molecular weight is 794 g/mol. The van der Waals surface area contributed by atoms with Gasteiger partial charge in [0.1, 0.15) is 0 Å². The van der Waals surface area contributed by atoms with Crippen LogP contribution in [0.2, 0.25) is 0 Å². The summed E-state index contributed by atoms with van der Waals surface area (Å²) in [5.74, 6) is 4.41. The summed E-state index contributed by atoms with van der Waals surface area (Å²) in [6, 6.07) is 34.8. The third kappa shape index (κ3) is 7.58. The quantitative estimate of drug-likeness (QED) is 0.116. The minimum absolute atomic E-state index is 0.0636. The van der Waals surface area contributed by atoms with Gasteiger partial charge in [-0.2, -0.15) is 23.5 Å². The van der Waals surface area contributed by atoms with E-state index in [-0.39, 0.29) is 17.3 Å². The molecule has 0 amide bonds. The zero-order valence-corrected chi connectivity index (χ0v) is 35.1. The Hall–Kier alpha value is -4.34. The molecule has 57 heavy (non-hydrogen) atoms. The van der Waals surface area contributed by atoms with Crippen molar-refractivity contribution in [2.45, 2.75) is 57.0 Å². The van der Waals surface area contributed by atoms with E-state index in [1.165, 1.54) is 5.56 Å². The van der Waals surface area contributed by atoms with Crippen LogP contribution in [-0.2, 0) is 18.3 Å². The minimum atomic E-state index is -0.583. The molecule has 2 aliphatic heterocycles. The number of nitrogens with zero attached hydrogens (tertiary/aromatic N) is 3. The number of aromatic nitrogens is 1. The Morgan fingerprint density at radius 2 is 1.07 bits per heavy atom. The third-order valence-electron chi connectivity index (χ3n) is 12.6. The summed E-state index contributed by atoms with van der Waals surface area (Å²) in [5, 5.41) is 0. The third-order valence-corrected chi connectivity index (χ3v) is 14.5. The zero-order valence-electron chi connectivity index (χ0n) is 33.4. The second-order valence-corrected chi connectivity index (χ2v) is 19.1. The number of hydrogen-bond donors (Lipinski definition) is 0. The molecule has 0 spiro atoms. The van der Waals surface area contributed by atoms with Crippen molar-refractivity contribution in [1.29, 1.82) is 0 Å². The molecule has 8 heteroatoms. The van der Waals surface area contributed by atoms with Gasteiger partial charge >= 0.3 is 0 Å². The van der Waals surface area contributed by atoms with Crippen molar-refractivity contribution in [3.63, 3.8) is 0 Å². The SMILES string of the molecule is CC(C)(C(=O)c1ccc(CC2(Cc3ccc(C(=O)C(C)(C)N4CCSCC4)cc3)c3ccccc3-c3ccc(C(=O)c4cccnc4)cc32)cc1)N1CCSCC1. The molecule has 0 unspecified atom stereocenters. The van der Waals surface area contributed by atoms with Gasteiger partial charge in [-0.3, -0.25) is 29.2 Å². The van der Waals surface area contributed by atoms with Crippen LogP contribution in [0.15, 0.2) is 116 Å². The van der Waals surface area contributed by atoms with Crippen LogP contribution in [-0.4, -0.2) is 92.4 Å². The van der Waals surface area contributed by atoms with Gasteiger partial charge in [0.25, 0.3) is 0 Å². The van der Waals surface area contributed by atoms with Crippen molar-refractivity contribution in [2.75, 3.05) is 49.2 Å². The lowest BCUT2D eigenvalue weighted by molar-refractivity contribution is 0.0664. The van der Waals surface area contributed by atoms with E-state index < -0.39 is 16.5 Å². The van der Waals surface area contributed by atoms with E-state index in [9.17, 15) is 14.4 Å². The first-order chi connectivity index (χ1) is 27.5. The molecule has 0 bridgehead atoms. The van der Waals surface area contributed by atoms with Crippen LogP contribution in [0.3, 0.4) is 0 Å². The fourth-order valence-electron chi connectivity index (χ4n) is 9.19. The summed E-state index contributed by atoms with van der Waals surface area (Å²) in [7, 11) is 0. The number of ketones is 3. The van der Waals surface area contributed by atoms with Gasteiger partial charge in [-0.25, -0.2) is 0 Å². The smallest absolute Gasteiger partial charge is 0.194 e. The van der Waals surface area contributed by atoms with Crippen molar-refractivity contribution < 1.29 is 14.4 Å². The van der Waals surface area contributed by atoms with Gasteiger partial charge in [0.15, 0.2) is 17.3 Å². The maximum absolute atomic E-state index is 14.0. The Labute approximate surface area is 345 Å². The van der Waals surface area contributed by atoms with E-state index in [1.807, 2.05) is 59.9 Å². The largest absolute Gasteiger partial charge is 0.292 e. The fraction of sp³-hybridized carbons (Fsp3) is 0.347. The van der Waals surface area contributed by atoms with E-state index in [1.54, 1.807) is 18.5 Å². The Bertz CT molecular complexity index is 2190. The van der Waals surface area contributed by atoms with Gasteiger partial charge in [0, 0.05) is 89.3 Å². The first-order valence-electron chi connectivity index (χ1n) is 20.1. The summed E-state index contributed by atoms with van der Waals surface area (Å²) in [4.78, 5) is 50.8. The molecule has 2 saturated heterocycles. The highest BCUT2D eigenvalue weighted by Crippen LogP contribution is 2.52. The van der Waals surface area contributed by atoms with Gasteiger partial charge in [-0.15, -0.1) is 0 Å². The van der Waals surface area contributed by atoms with E-state index in [0.29, 0.717) is 24.0 Å². The van der Waals surface area contributed by atoms with E-state index in [4.69, 9.17) is 0 Å². The molecular formula is C49H51N3O3S2. The number of benzene rings is 4. The van der Waals surface area contributed by atoms with Crippen molar-refractivity contribution >= 4 is 40.9 Å². The van der Waals surface area contributed by atoms with E-state index >= 15 is 0 Å².